The van der Waals surface area contributed by atoms with E-state index in [1.165, 1.54) is 12.1 Å². The number of rotatable bonds is 8. The van der Waals surface area contributed by atoms with Crippen molar-refractivity contribution in [3.05, 3.63) is 100 Å². The summed E-state index contributed by atoms with van der Waals surface area (Å²) in [7, 11) is 0. The second-order valence-electron chi connectivity index (χ2n) is 10.8. The number of ether oxygens (including phenoxy) is 1. The molecule has 1 N–H and O–H groups in total. The van der Waals surface area contributed by atoms with Gasteiger partial charge in [0.15, 0.2) is 6.61 Å². The highest BCUT2D eigenvalue weighted by Gasteiger charge is 2.29. The maximum absolute atomic E-state index is 12.8. The zero-order valence-electron chi connectivity index (χ0n) is 23.8. The van der Waals surface area contributed by atoms with E-state index in [0.717, 1.165) is 12.0 Å². The standard InChI is InChI=1S/C33H30N4O6/c1-21-15-22(2)19-36(18-21)27-14-13-25(16-28(27)37(40)41)33(39)42-20-29(38)35-32-26(17-34)30(23-9-5-3-6-10-23)31(43-32)24-11-7-4-8-12-24/h3-14,16,21-22H,15,18-20H2,1-2H3,(H,35,38). The fraction of sp³-hybridized carbons (Fsp3) is 0.242. The number of nitro benzene ring substituents is 1. The molecule has 10 nitrogen and oxygen atoms in total. The maximum atomic E-state index is 12.8. The van der Waals surface area contributed by atoms with Crippen LogP contribution in [-0.4, -0.2) is 36.5 Å². The molecule has 4 aromatic rings. The Bertz CT molecular complexity index is 1680. The van der Waals surface area contributed by atoms with Gasteiger partial charge in [-0.05, 0) is 36.0 Å². The van der Waals surface area contributed by atoms with Crippen LogP contribution < -0.4 is 10.2 Å². The average molecular weight is 579 g/mol. The van der Waals surface area contributed by atoms with E-state index in [-0.39, 0.29) is 22.7 Å². The molecule has 0 radical (unpaired) electrons. The molecule has 1 saturated heterocycles. The van der Waals surface area contributed by atoms with Crippen molar-refractivity contribution in [1.29, 1.82) is 5.26 Å². The molecule has 0 spiro atoms. The van der Waals surface area contributed by atoms with Gasteiger partial charge in [0.25, 0.3) is 11.6 Å². The molecule has 43 heavy (non-hydrogen) atoms. The molecule has 0 bridgehead atoms. The molecule has 1 aromatic heterocycles. The summed E-state index contributed by atoms with van der Waals surface area (Å²) in [5.74, 6) is -0.531. The third-order valence-electron chi connectivity index (χ3n) is 7.32. The molecular formula is C33H30N4O6. The summed E-state index contributed by atoms with van der Waals surface area (Å²) in [5.41, 5.74) is 2.29. The number of carbonyl (C=O) groups is 2. The molecule has 1 amide bonds. The Kier molecular flexibility index (Phi) is 8.53. The van der Waals surface area contributed by atoms with E-state index in [1.54, 1.807) is 6.07 Å². The van der Waals surface area contributed by atoms with E-state index >= 15 is 0 Å². The fourth-order valence-electron chi connectivity index (χ4n) is 5.60. The molecule has 1 fully saturated rings. The van der Waals surface area contributed by atoms with Crippen molar-refractivity contribution in [3.8, 4) is 28.5 Å². The largest absolute Gasteiger partial charge is 0.452 e. The number of hydrogen-bond donors (Lipinski definition) is 1. The quantitative estimate of drug-likeness (QED) is 0.139. The fourth-order valence-corrected chi connectivity index (χ4v) is 5.60. The van der Waals surface area contributed by atoms with E-state index in [2.05, 4.69) is 25.2 Å². The summed E-state index contributed by atoms with van der Waals surface area (Å²) in [6.07, 6.45) is 1.05. The molecule has 2 atom stereocenters. The number of amides is 1. The SMILES string of the molecule is CC1CC(C)CN(c2ccc(C(=O)OCC(=O)Nc3oc(-c4ccccc4)c(-c4ccccc4)c3C#N)cc2[N+](=O)[O-])C1. The number of benzene rings is 3. The minimum Gasteiger partial charge on any atom is -0.452 e. The predicted octanol–water partition coefficient (Wildman–Crippen LogP) is 6.67. The highest BCUT2D eigenvalue weighted by Crippen LogP contribution is 2.41. The first-order chi connectivity index (χ1) is 20.7. The Morgan fingerprint density at radius 2 is 1.65 bits per heavy atom. The smallest absolute Gasteiger partial charge is 0.338 e. The monoisotopic (exact) mass is 578 g/mol. The Morgan fingerprint density at radius 3 is 2.26 bits per heavy atom. The second kappa shape index (κ2) is 12.6. The first kappa shape index (κ1) is 29.1. The van der Waals surface area contributed by atoms with E-state index in [9.17, 15) is 25.0 Å². The minimum absolute atomic E-state index is 0.0465. The van der Waals surface area contributed by atoms with Crippen molar-refractivity contribution < 1.29 is 23.7 Å². The van der Waals surface area contributed by atoms with Gasteiger partial charge in [-0.1, -0.05) is 74.5 Å². The van der Waals surface area contributed by atoms with Crippen LogP contribution in [-0.2, 0) is 9.53 Å². The summed E-state index contributed by atoms with van der Waals surface area (Å²) in [6.45, 7) is 4.90. The molecule has 10 heteroatoms. The number of furan rings is 1. The lowest BCUT2D eigenvalue weighted by Gasteiger charge is -2.36. The van der Waals surface area contributed by atoms with Crippen LogP contribution in [0.3, 0.4) is 0 Å². The van der Waals surface area contributed by atoms with E-state index < -0.39 is 23.4 Å². The Hall–Kier alpha value is -5.43. The normalized spacial score (nSPS) is 16.3. The summed E-state index contributed by atoms with van der Waals surface area (Å²) < 4.78 is 11.2. The van der Waals surface area contributed by atoms with Gasteiger partial charge in [-0.2, -0.15) is 5.26 Å². The Morgan fingerprint density at radius 1 is 1.02 bits per heavy atom. The highest BCUT2D eigenvalue weighted by molar-refractivity contribution is 5.98. The number of nitrogens with zero attached hydrogens (tertiary/aromatic N) is 3. The lowest BCUT2D eigenvalue weighted by molar-refractivity contribution is -0.384. The van der Waals surface area contributed by atoms with Crippen molar-refractivity contribution in [3.63, 3.8) is 0 Å². The summed E-state index contributed by atoms with van der Waals surface area (Å²) in [5, 5.41) is 24.4. The van der Waals surface area contributed by atoms with Gasteiger partial charge in [-0.25, -0.2) is 4.79 Å². The van der Waals surface area contributed by atoms with Gasteiger partial charge in [0.2, 0.25) is 5.88 Å². The zero-order chi connectivity index (χ0) is 30.5. The van der Waals surface area contributed by atoms with E-state index in [1.807, 2.05) is 65.6 Å². The van der Waals surface area contributed by atoms with E-state index in [4.69, 9.17) is 9.15 Å². The van der Waals surface area contributed by atoms with Crippen molar-refractivity contribution in [2.75, 3.05) is 29.9 Å². The van der Waals surface area contributed by atoms with Crippen LogP contribution in [0.4, 0.5) is 17.3 Å². The number of nitro groups is 1. The third kappa shape index (κ3) is 6.41. The van der Waals surface area contributed by atoms with Crippen LogP contribution in [0.1, 0.15) is 36.2 Å². The first-order valence-corrected chi connectivity index (χ1v) is 13.9. The summed E-state index contributed by atoms with van der Waals surface area (Å²) >= 11 is 0. The van der Waals surface area contributed by atoms with Crippen molar-refractivity contribution >= 4 is 29.1 Å². The van der Waals surface area contributed by atoms with Crippen molar-refractivity contribution in [2.45, 2.75) is 20.3 Å². The molecule has 0 saturated carbocycles. The van der Waals surface area contributed by atoms with Crippen LogP contribution in [0.5, 0.6) is 0 Å². The van der Waals surface area contributed by atoms with Gasteiger partial charge >= 0.3 is 5.97 Å². The first-order valence-electron chi connectivity index (χ1n) is 13.9. The number of carbonyl (C=O) groups excluding carboxylic acids is 2. The number of nitrogens with one attached hydrogen (secondary N) is 1. The number of anilines is 2. The van der Waals surface area contributed by atoms with Crippen LogP contribution in [0.2, 0.25) is 0 Å². The molecule has 5 rings (SSSR count). The number of nitriles is 1. The number of piperidine rings is 1. The number of esters is 1. The maximum Gasteiger partial charge on any atom is 0.338 e. The molecule has 2 unspecified atom stereocenters. The van der Waals surface area contributed by atoms with Gasteiger partial charge in [0, 0.05) is 30.3 Å². The minimum atomic E-state index is -0.889. The predicted molar refractivity (Wildman–Crippen MR) is 161 cm³/mol. The molecule has 1 aliphatic heterocycles. The molecular weight excluding hydrogens is 548 g/mol. The van der Waals surface area contributed by atoms with Crippen molar-refractivity contribution in [2.24, 2.45) is 11.8 Å². The molecule has 3 aromatic carbocycles. The summed E-state index contributed by atoms with van der Waals surface area (Å²) in [6, 6.07) is 24.7. The molecule has 0 aliphatic carbocycles. The lowest BCUT2D eigenvalue weighted by Crippen LogP contribution is -2.39. The topological polar surface area (TPSA) is 139 Å². The Labute approximate surface area is 248 Å². The second-order valence-corrected chi connectivity index (χ2v) is 10.8. The highest BCUT2D eigenvalue weighted by atomic mass is 16.6. The third-order valence-corrected chi connectivity index (χ3v) is 7.32. The Balaban J connectivity index is 1.33. The van der Waals surface area contributed by atoms with Crippen LogP contribution >= 0.6 is 0 Å². The van der Waals surface area contributed by atoms with E-state index in [0.29, 0.717) is 47.5 Å². The van der Waals surface area contributed by atoms with Gasteiger partial charge in [0.1, 0.15) is 23.1 Å². The van der Waals surface area contributed by atoms with Crippen LogP contribution in [0.25, 0.3) is 22.5 Å². The zero-order valence-corrected chi connectivity index (χ0v) is 23.8. The van der Waals surface area contributed by atoms with Gasteiger partial charge in [-0.15, -0.1) is 0 Å². The number of hydrogen-bond acceptors (Lipinski definition) is 8. The van der Waals surface area contributed by atoms with Gasteiger partial charge in [-0.3, -0.25) is 20.2 Å². The molecule has 1 aliphatic rings. The summed E-state index contributed by atoms with van der Waals surface area (Å²) in [4.78, 5) is 39.0. The molecule has 2 heterocycles. The van der Waals surface area contributed by atoms with Crippen LogP contribution in [0, 0.1) is 33.3 Å². The molecule has 218 valence electrons. The lowest BCUT2D eigenvalue weighted by atomic mass is 9.91. The van der Waals surface area contributed by atoms with Crippen LogP contribution in [0.15, 0.2) is 83.3 Å². The van der Waals surface area contributed by atoms with Gasteiger partial charge < -0.3 is 14.1 Å². The average Bonchev–Trinajstić information content (AvgIpc) is 3.37. The van der Waals surface area contributed by atoms with Gasteiger partial charge in [0.05, 0.1) is 10.5 Å². The van der Waals surface area contributed by atoms with Crippen molar-refractivity contribution in [1.82, 2.24) is 0 Å².